The third-order valence-electron chi connectivity index (χ3n) is 1.17. The van der Waals surface area contributed by atoms with Crippen LogP contribution in [0.1, 0.15) is 12.8 Å². The van der Waals surface area contributed by atoms with E-state index in [2.05, 4.69) is 24.3 Å². The van der Waals surface area contributed by atoms with Gasteiger partial charge in [0.25, 0.3) is 0 Å². The van der Waals surface area contributed by atoms with Crippen molar-refractivity contribution in [2.75, 3.05) is 0 Å². The van der Waals surface area contributed by atoms with Gasteiger partial charge in [-0.3, -0.25) is 12.2 Å². The van der Waals surface area contributed by atoms with Gasteiger partial charge in [-0.05, 0) is 0 Å². The molecule has 0 amide bonds. The average molecular weight is 302 g/mol. The van der Waals surface area contributed by atoms with Crippen molar-refractivity contribution in [3.05, 3.63) is 79.3 Å². The van der Waals surface area contributed by atoms with Crippen LogP contribution in [-0.2, 0) is 21.7 Å². The molecule has 2 rings (SSSR count). The van der Waals surface area contributed by atoms with Crippen LogP contribution in [-0.4, -0.2) is 10.2 Å². The van der Waals surface area contributed by atoms with Gasteiger partial charge in [-0.2, -0.15) is 12.2 Å². The van der Waals surface area contributed by atoms with E-state index in [4.69, 9.17) is 30.6 Å². The summed E-state index contributed by atoms with van der Waals surface area (Å²) in [6.07, 6.45) is 20.0. The van der Waals surface area contributed by atoms with Gasteiger partial charge in [-0.1, -0.05) is 0 Å². The molecule has 0 N–H and O–H groups in total. The SMILES string of the molecule is O=[N+]([O-])[O-].O=[N+]([O-])[O-].[C-]1=CC=CC1.[C-]1=CC=CC1.[Ti+4]. The van der Waals surface area contributed by atoms with Crippen LogP contribution in [0.3, 0.4) is 0 Å². The van der Waals surface area contributed by atoms with Gasteiger partial charge in [-0.15, -0.1) is 12.8 Å². The Bertz CT molecular complexity index is 290. The van der Waals surface area contributed by atoms with Crippen molar-refractivity contribution in [3.8, 4) is 0 Å². The Labute approximate surface area is 124 Å². The predicted octanol–water partition coefficient (Wildman–Crippen LogP) is 2.13. The quantitative estimate of drug-likeness (QED) is 0.291. The standard InChI is InChI=1S/2C5H5.2NO3.Ti/c2*1-2-4-5-3-1;2*2-1(3)4;/h2*1-3H,4H2;;;/q4*-1;+4. The third-order valence-corrected chi connectivity index (χ3v) is 1.17. The molecule has 0 aromatic carbocycles. The second kappa shape index (κ2) is 18.4. The first-order chi connectivity index (χ1) is 8.46. The van der Waals surface area contributed by atoms with Crippen LogP contribution in [0.4, 0.5) is 0 Å². The minimum atomic E-state index is -1.75. The van der Waals surface area contributed by atoms with Crippen molar-refractivity contribution in [3.63, 3.8) is 0 Å². The van der Waals surface area contributed by atoms with E-state index in [0.717, 1.165) is 12.8 Å². The van der Waals surface area contributed by atoms with Gasteiger partial charge in [0.2, 0.25) is 0 Å². The molecule has 0 fully saturated rings. The van der Waals surface area contributed by atoms with E-state index in [9.17, 15) is 0 Å². The third kappa shape index (κ3) is 48.8. The van der Waals surface area contributed by atoms with Crippen molar-refractivity contribution >= 4 is 0 Å². The fourth-order valence-electron chi connectivity index (χ4n) is 0.680. The van der Waals surface area contributed by atoms with Crippen LogP contribution in [0, 0.1) is 42.8 Å². The molecular formula is C10H10N2O6Ti. The Morgan fingerprint density at radius 2 is 1.05 bits per heavy atom. The van der Waals surface area contributed by atoms with Crippen LogP contribution in [0.5, 0.6) is 0 Å². The van der Waals surface area contributed by atoms with Crippen molar-refractivity contribution in [1.29, 1.82) is 0 Å². The summed E-state index contributed by atoms with van der Waals surface area (Å²) in [5, 5.41) is 29.5. The zero-order chi connectivity index (χ0) is 14.2. The molecule has 19 heavy (non-hydrogen) atoms. The van der Waals surface area contributed by atoms with Gasteiger partial charge in [0, 0.05) is 0 Å². The van der Waals surface area contributed by atoms with Crippen molar-refractivity contribution in [2.45, 2.75) is 12.8 Å². The molecule has 0 aromatic rings. The van der Waals surface area contributed by atoms with Crippen LogP contribution in [0.2, 0.25) is 0 Å². The molecule has 0 aliphatic heterocycles. The van der Waals surface area contributed by atoms with Crippen molar-refractivity contribution in [2.24, 2.45) is 0 Å². The zero-order valence-corrected chi connectivity index (χ0v) is 11.3. The molecule has 8 nitrogen and oxygen atoms in total. The Hall–Kier alpha value is -1.93. The molecule has 0 saturated carbocycles. The number of hydrogen-bond acceptors (Lipinski definition) is 6. The Balaban J connectivity index is -0.000000178. The zero-order valence-electron chi connectivity index (χ0n) is 9.72. The van der Waals surface area contributed by atoms with Crippen molar-refractivity contribution in [1.82, 2.24) is 0 Å². The van der Waals surface area contributed by atoms with E-state index in [1.54, 1.807) is 0 Å². The van der Waals surface area contributed by atoms with Crippen LogP contribution in [0.25, 0.3) is 0 Å². The number of nitrogens with zero attached hydrogens (tertiary/aromatic N) is 2. The first-order valence-electron chi connectivity index (χ1n) is 4.53. The maximum absolute atomic E-state index is 8.25. The molecular weight excluding hydrogens is 292 g/mol. The molecule has 2 aliphatic carbocycles. The summed E-state index contributed by atoms with van der Waals surface area (Å²) in [4.78, 5) is 16.5. The second-order valence-electron chi connectivity index (χ2n) is 2.45. The molecule has 9 heteroatoms. The molecule has 0 bridgehead atoms. The maximum atomic E-state index is 8.25. The van der Waals surface area contributed by atoms with Gasteiger partial charge >= 0.3 is 21.7 Å². The van der Waals surface area contributed by atoms with E-state index in [-0.39, 0.29) is 21.7 Å². The van der Waals surface area contributed by atoms with Crippen LogP contribution < -0.4 is 0 Å². The number of hydrogen-bond donors (Lipinski definition) is 0. The van der Waals surface area contributed by atoms with E-state index in [0.29, 0.717) is 0 Å². The normalized spacial score (nSPS) is 11.8. The summed E-state index contributed by atoms with van der Waals surface area (Å²) in [5.41, 5.74) is 0. The molecule has 0 heterocycles. The second-order valence-corrected chi connectivity index (χ2v) is 2.45. The molecule has 0 spiro atoms. The maximum Gasteiger partial charge on any atom is 4.00 e. The Morgan fingerprint density at radius 1 is 0.789 bits per heavy atom. The summed E-state index contributed by atoms with van der Waals surface area (Å²) in [6.45, 7) is 0. The van der Waals surface area contributed by atoms with E-state index < -0.39 is 10.2 Å². The van der Waals surface area contributed by atoms with E-state index >= 15 is 0 Å². The molecule has 0 unspecified atom stereocenters. The summed E-state index contributed by atoms with van der Waals surface area (Å²) >= 11 is 0. The smallest absolute Gasteiger partial charge is 0.356 e. The summed E-state index contributed by atoms with van der Waals surface area (Å²) in [5.74, 6) is 0. The van der Waals surface area contributed by atoms with Gasteiger partial charge in [-0.25, -0.2) is 24.3 Å². The number of rotatable bonds is 0. The minimum absolute atomic E-state index is 0. The van der Waals surface area contributed by atoms with Crippen molar-refractivity contribution < 1.29 is 31.9 Å². The summed E-state index contributed by atoms with van der Waals surface area (Å²) in [6, 6.07) is 0. The summed E-state index contributed by atoms with van der Waals surface area (Å²) in [7, 11) is 0. The van der Waals surface area contributed by atoms with Crippen LogP contribution in [0.15, 0.2) is 36.5 Å². The Kier molecular flexibility index (Phi) is 21.6. The first kappa shape index (κ1) is 22.3. The molecule has 0 radical (unpaired) electrons. The monoisotopic (exact) mass is 302 g/mol. The van der Waals surface area contributed by atoms with E-state index in [1.165, 1.54) is 0 Å². The largest absolute Gasteiger partial charge is 4.00 e. The predicted molar refractivity (Wildman–Crippen MR) is 63.9 cm³/mol. The molecule has 0 saturated heterocycles. The van der Waals surface area contributed by atoms with Gasteiger partial charge in [0.15, 0.2) is 0 Å². The molecule has 0 atom stereocenters. The fourth-order valence-corrected chi connectivity index (χ4v) is 0.680. The molecule has 2 aliphatic rings. The fraction of sp³-hybridized carbons (Fsp3) is 0.200. The van der Waals surface area contributed by atoms with Crippen LogP contribution >= 0.6 is 0 Å². The minimum Gasteiger partial charge on any atom is -0.356 e. The Morgan fingerprint density at radius 3 is 1.11 bits per heavy atom. The topological polar surface area (TPSA) is 132 Å². The van der Waals surface area contributed by atoms with Gasteiger partial charge in [0.1, 0.15) is 0 Å². The first-order valence-corrected chi connectivity index (χ1v) is 4.53. The van der Waals surface area contributed by atoms with Gasteiger partial charge < -0.3 is 30.6 Å². The van der Waals surface area contributed by atoms with E-state index in [1.807, 2.05) is 24.3 Å². The molecule has 0 aromatic heterocycles. The molecule has 100 valence electrons. The number of allylic oxidation sites excluding steroid dienone is 8. The summed E-state index contributed by atoms with van der Waals surface area (Å²) < 4.78 is 0. The average Bonchev–Trinajstić information content (AvgIpc) is 2.96. The van der Waals surface area contributed by atoms with Gasteiger partial charge in [0.05, 0.1) is 10.2 Å².